The van der Waals surface area contributed by atoms with Gasteiger partial charge in [0, 0.05) is 24.7 Å². The van der Waals surface area contributed by atoms with Crippen LogP contribution >= 0.6 is 11.6 Å². The third-order valence-electron chi connectivity index (χ3n) is 3.43. The molecular formula is C15H19ClN2O2. The van der Waals surface area contributed by atoms with Crippen LogP contribution in [0.1, 0.15) is 24.8 Å². The highest BCUT2D eigenvalue weighted by Crippen LogP contribution is 2.11. The standard InChI is InChI=1S/C15H19ClN2O2/c16-13-6-4-5-12(11-13)7-8-17-14(19)15(20)18-9-2-1-3-10-18/h4-6,11H,1-3,7-10H2,(H,17,19). The molecule has 1 aromatic rings. The molecular weight excluding hydrogens is 276 g/mol. The first-order valence-corrected chi connectivity index (χ1v) is 7.36. The van der Waals surface area contributed by atoms with E-state index in [0.717, 1.165) is 24.8 Å². The van der Waals surface area contributed by atoms with Crippen molar-refractivity contribution >= 4 is 23.4 Å². The molecule has 0 aromatic heterocycles. The largest absolute Gasteiger partial charge is 0.347 e. The Bertz CT molecular complexity index is 485. The molecule has 0 atom stereocenters. The zero-order valence-corrected chi connectivity index (χ0v) is 12.2. The van der Waals surface area contributed by atoms with Crippen molar-refractivity contribution in [3.63, 3.8) is 0 Å². The Balaban J connectivity index is 1.75. The normalized spacial score (nSPS) is 14.9. The van der Waals surface area contributed by atoms with Crippen molar-refractivity contribution in [2.75, 3.05) is 19.6 Å². The summed E-state index contributed by atoms with van der Waals surface area (Å²) in [7, 11) is 0. The van der Waals surface area contributed by atoms with Crippen LogP contribution in [0.25, 0.3) is 0 Å². The molecule has 1 heterocycles. The SMILES string of the molecule is O=C(NCCc1cccc(Cl)c1)C(=O)N1CCCCC1. The highest BCUT2D eigenvalue weighted by atomic mass is 35.5. The number of nitrogens with one attached hydrogen (secondary N) is 1. The Morgan fingerprint density at radius 3 is 2.65 bits per heavy atom. The number of benzene rings is 1. The highest BCUT2D eigenvalue weighted by molar-refractivity contribution is 6.35. The molecule has 108 valence electrons. The van der Waals surface area contributed by atoms with E-state index >= 15 is 0 Å². The molecule has 1 N–H and O–H groups in total. The fourth-order valence-electron chi connectivity index (χ4n) is 2.33. The molecule has 0 saturated carbocycles. The second-order valence-corrected chi connectivity index (χ2v) is 5.43. The Hall–Kier alpha value is -1.55. The monoisotopic (exact) mass is 294 g/mol. The quantitative estimate of drug-likeness (QED) is 0.867. The van der Waals surface area contributed by atoms with Gasteiger partial charge in [-0.3, -0.25) is 9.59 Å². The molecule has 1 fully saturated rings. The van der Waals surface area contributed by atoms with Gasteiger partial charge in [-0.2, -0.15) is 0 Å². The summed E-state index contributed by atoms with van der Waals surface area (Å²) in [4.78, 5) is 25.3. The Morgan fingerprint density at radius 1 is 1.20 bits per heavy atom. The summed E-state index contributed by atoms with van der Waals surface area (Å²) in [5, 5.41) is 3.35. The number of nitrogens with zero attached hydrogens (tertiary/aromatic N) is 1. The highest BCUT2D eigenvalue weighted by Gasteiger charge is 2.22. The summed E-state index contributed by atoms with van der Waals surface area (Å²) in [6.07, 6.45) is 3.78. The molecule has 1 aliphatic rings. The maximum atomic E-state index is 11.9. The van der Waals surface area contributed by atoms with Gasteiger partial charge in [0.1, 0.15) is 0 Å². The number of piperidine rings is 1. The number of hydrogen-bond acceptors (Lipinski definition) is 2. The van der Waals surface area contributed by atoms with Crippen LogP contribution in [0.15, 0.2) is 24.3 Å². The maximum Gasteiger partial charge on any atom is 0.311 e. The molecule has 20 heavy (non-hydrogen) atoms. The van der Waals surface area contributed by atoms with Gasteiger partial charge >= 0.3 is 11.8 Å². The smallest absolute Gasteiger partial charge is 0.311 e. The number of rotatable bonds is 3. The van der Waals surface area contributed by atoms with Crippen LogP contribution in [-0.2, 0) is 16.0 Å². The van der Waals surface area contributed by atoms with Crippen LogP contribution in [0, 0.1) is 0 Å². The zero-order valence-electron chi connectivity index (χ0n) is 11.4. The first-order valence-electron chi connectivity index (χ1n) is 6.98. The summed E-state index contributed by atoms with van der Waals surface area (Å²) < 4.78 is 0. The Morgan fingerprint density at radius 2 is 1.95 bits per heavy atom. The van der Waals surface area contributed by atoms with E-state index in [1.165, 1.54) is 0 Å². The molecule has 5 heteroatoms. The molecule has 0 spiro atoms. The third kappa shape index (κ3) is 4.23. The van der Waals surface area contributed by atoms with Crippen molar-refractivity contribution in [2.24, 2.45) is 0 Å². The second kappa shape index (κ2) is 7.29. The van der Waals surface area contributed by atoms with E-state index in [4.69, 9.17) is 11.6 Å². The minimum Gasteiger partial charge on any atom is -0.347 e. The lowest BCUT2D eigenvalue weighted by Gasteiger charge is -2.25. The molecule has 1 aliphatic heterocycles. The van der Waals surface area contributed by atoms with Crippen LogP contribution in [0.3, 0.4) is 0 Å². The summed E-state index contributed by atoms with van der Waals surface area (Å²) in [5.41, 5.74) is 1.04. The van der Waals surface area contributed by atoms with Crippen molar-refractivity contribution in [3.8, 4) is 0 Å². The number of halogens is 1. The summed E-state index contributed by atoms with van der Waals surface area (Å²) in [6, 6.07) is 7.49. The van der Waals surface area contributed by atoms with E-state index < -0.39 is 11.8 Å². The zero-order chi connectivity index (χ0) is 14.4. The summed E-state index contributed by atoms with van der Waals surface area (Å²) in [5.74, 6) is -0.912. The van der Waals surface area contributed by atoms with Crippen molar-refractivity contribution in [1.82, 2.24) is 10.2 Å². The van der Waals surface area contributed by atoms with Gasteiger partial charge in [0.05, 0.1) is 0 Å². The van der Waals surface area contributed by atoms with E-state index in [0.29, 0.717) is 31.1 Å². The molecule has 1 aromatic carbocycles. The molecule has 0 unspecified atom stereocenters. The molecule has 2 rings (SSSR count). The first kappa shape index (κ1) is 14.9. The average Bonchev–Trinajstić information content (AvgIpc) is 2.47. The van der Waals surface area contributed by atoms with E-state index in [1.807, 2.05) is 24.3 Å². The van der Waals surface area contributed by atoms with Crippen LogP contribution in [-0.4, -0.2) is 36.3 Å². The van der Waals surface area contributed by atoms with Crippen molar-refractivity contribution < 1.29 is 9.59 Å². The van der Waals surface area contributed by atoms with Crippen molar-refractivity contribution in [1.29, 1.82) is 0 Å². The maximum absolute atomic E-state index is 11.9. The minimum atomic E-state index is -0.506. The van der Waals surface area contributed by atoms with Crippen LogP contribution < -0.4 is 5.32 Å². The van der Waals surface area contributed by atoms with Gasteiger partial charge in [0.25, 0.3) is 0 Å². The number of hydrogen-bond donors (Lipinski definition) is 1. The van der Waals surface area contributed by atoms with Crippen molar-refractivity contribution in [3.05, 3.63) is 34.9 Å². The van der Waals surface area contributed by atoms with Crippen LogP contribution in [0.5, 0.6) is 0 Å². The fourth-order valence-corrected chi connectivity index (χ4v) is 2.54. The van der Waals surface area contributed by atoms with Gasteiger partial charge in [-0.25, -0.2) is 0 Å². The van der Waals surface area contributed by atoms with Gasteiger partial charge in [-0.05, 0) is 43.4 Å². The summed E-state index contributed by atoms with van der Waals surface area (Å²) in [6.45, 7) is 1.83. The molecule has 0 aliphatic carbocycles. The fraction of sp³-hybridized carbons (Fsp3) is 0.467. The predicted octanol–water partition coefficient (Wildman–Crippen LogP) is 2.01. The average molecular weight is 295 g/mol. The topological polar surface area (TPSA) is 49.4 Å². The molecule has 2 amide bonds. The van der Waals surface area contributed by atoms with E-state index in [1.54, 1.807) is 4.90 Å². The Kier molecular flexibility index (Phi) is 5.41. The Labute approximate surface area is 124 Å². The summed E-state index contributed by atoms with van der Waals surface area (Å²) >= 11 is 5.89. The van der Waals surface area contributed by atoms with Crippen LogP contribution in [0.2, 0.25) is 5.02 Å². The third-order valence-corrected chi connectivity index (χ3v) is 3.66. The van der Waals surface area contributed by atoms with E-state index in [-0.39, 0.29) is 0 Å². The molecule has 1 saturated heterocycles. The first-order chi connectivity index (χ1) is 9.66. The van der Waals surface area contributed by atoms with E-state index in [2.05, 4.69) is 5.32 Å². The lowest BCUT2D eigenvalue weighted by Crippen LogP contribution is -2.45. The predicted molar refractivity (Wildman–Crippen MR) is 78.6 cm³/mol. The number of amides is 2. The molecule has 0 bridgehead atoms. The second-order valence-electron chi connectivity index (χ2n) is 4.99. The van der Waals surface area contributed by atoms with Gasteiger partial charge in [-0.15, -0.1) is 0 Å². The van der Waals surface area contributed by atoms with Gasteiger partial charge < -0.3 is 10.2 Å². The number of likely N-dealkylation sites (tertiary alicyclic amines) is 1. The van der Waals surface area contributed by atoms with Crippen LogP contribution in [0.4, 0.5) is 0 Å². The van der Waals surface area contributed by atoms with Gasteiger partial charge in [-0.1, -0.05) is 23.7 Å². The molecule has 0 radical (unpaired) electrons. The number of carbonyl (C=O) groups excluding carboxylic acids is 2. The van der Waals surface area contributed by atoms with Gasteiger partial charge in [0.15, 0.2) is 0 Å². The van der Waals surface area contributed by atoms with Gasteiger partial charge in [0.2, 0.25) is 0 Å². The number of carbonyl (C=O) groups is 2. The molecule has 4 nitrogen and oxygen atoms in total. The lowest BCUT2D eigenvalue weighted by molar-refractivity contribution is -0.146. The van der Waals surface area contributed by atoms with Crippen molar-refractivity contribution in [2.45, 2.75) is 25.7 Å². The lowest BCUT2D eigenvalue weighted by atomic mass is 10.1. The van der Waals surface area contributed by atoms with E-state index in [9.17, 15) is 9.59 Å². The minimum absolute atomic E-state index is 0.407.